The Hall–Kier alpha value is -2.87. The molecular weight excluding hydrogens is 264 g/mol. The number of para-hydroxylation sites is 1. The summed E-state index contributed by atoms with van der Waals surface area (Å²) < 4.78 is 1.81. The van der Waals surface area contributed by atoms with Gasteiger partial charge in [-0.2, -0.15) is 10.4 Å². The number of benzene rings is 1. The van der Waals surface area contributed by atoms with Gasteiger partial charge in [0.15, 0.2) is 0 Å². The summed E-state index contributed by atoms with van der Waals surface area (Å²) in [5, 5.41) is 16.0. The van der Waals surface area contributed by atoms with E-state index in [-0.39, 0.29) is 5.57 Å². The second-order valence-electron chi connectivity index (χ2n) is 4.58. The second-order valence-corrected chi connectivity index (χ2v) is 4.58. The molecule has 0 radical (unpaired) electrons. The number of nitrogens with zero attached hydrogens (tertiary/aromatic N) is 3. The SMILES string of the molecule is CNC(=O)/C(C#N)=C\c1c(C)nn(-c2ccccc2)c1C. The first-order valence-electron chi connectivity index (χ1n) is 6.54. The third kappa shape index (κ3) is 2.84. The molecule has 0 aliphatic carbocycles. The topological polar surface area (TPSA) is 70.7 Å². The van der Waals surface area contributed by atoms with Crippen LogP contribution in [0.25, 0.3) is 11.8 Å². The monoisotopic (exact) mass is 280 g/mol. The molecule has 0 aliphatic rings. The van der Waals surface area contributed by atoms with Gasteiger partial charge in [-0.1, -0.05) is 18.2 Å². The van der Waals surface area contributed by atoms with Crippen LogP contribution in [-0.2, 0) is 4.79 Å². The van der Waals surface area contributed by atoms with Crippen LogP contribution in [0.15, 0.2) is 35.9 Å². The minimum atomic E-state index is -0.399. The van der Waals surface area contributed by atoms with Crippen LogP contribution in [0.2, 0.25) is 0 Å². The van der Waals surface area contributed by atoms with Crippen molar-refractivity contribution in [1.29, 1.82) is 5.26 Å². The van der Waals surface area contributed by atoms with Crippen molar-refractivity contribution in [2.24, 2.45) is 0 Å². The fraction of sp³-hybridized carbons (Fsp3) is 0.188. The molecule has 5 nitrogen and oxygen atoms in total. The van der Waals surface area contributed by atoms with E-state index >= 15 is 0 Å². The van der Waals surface area contributed by atoms with Gasteiger partial charge in [-0.3, -0.25) is 4.79 Å². The van der Waals surface area contributed by atoms with Crippen molar-refractivity contribution < 1.29 is 4.79 Å². The number of carbonyl (C=O) groups excluding carboxylic acids is 1. The minimum Gasteiger partial charge on any atom is -0.354 e. The standard InChI is InChI=1S/C16H16N4O/c1-11-15(9-13(10-17)16(21)18-3)12(2)20(19-11)14-7-5-4-6-8-14/h4-9H,1-3H3,(H,18,21)/b13-9-. The van der Waals surface area contributed by atoms with Crippen molar-refractivity contribution in [3.63, 3.8) is 0 Å². The van der Waals surface area contributed by atoms with E-state index in [1.54, 1.807) is 10.8 Å². The van der Waals surface area contributed by atoms with Crippen LogP contribution in [-0.4, -0.2) is 22.7 Å². The first-order valence-corrected chi connectivity index (χ1v) is 6.54. The summed E-state index contributed by atoms with van der Waals surface area (Å²) in [6.45, 7) is 3.77. The number of rotatable bonds is 3. The molecule has 0 aliphatic heterocycles. The van der Waals surface area contributed by atoms with E-state index in [4.69, 9.17) is 5.26 Å². The van der Waals surface area contributed by atoms with Gasteiger partial charge in [-0.15, -0.1) is 0 Å². The van der Waals surface area contributed by atoms with E-state index in [2.05, 4.69) is 10.4 Å². The molecule has 0 saturated carbocycles. The summed E-state index contributed by atoms with van der Waals surface area (Å²) in [5.41, 5.74) is 3.45. The average Bonchev–Trinajstić information content (AvgIpc) is 2.80. The van der Waals surface area contributed by atoms with Gasteiger partial charge in [-0.05, 0) is 32.1 Å². The number of aryl methyl sites for hydroxylation is 1. The lowest BCUT2D eigenvalue weighted by Gasteiger charge is -2.04. The number of aromatic nitrogens is 2. The third-order valence-corrected chi connectivity index (χ3v) is 3.23. The number of nitriles is 1. The zero-order chi connectivity index (χ0) is 15.4. The minimum absolute atomic E-state index is 0.0660. The van der Waals surface area contributed by atoms with Crippen molar-refractivity contribution in [3.05, 3.63) is 52.9 Å². The van der Waals surface area contributed by atoms with Gasteiger partial charge < -0.3 is 5.32 Å². The normalized spacial score (nSPS) is 11.0. The molecule has 0 spiro atoms. The van der Waals surface area contributed by atoms with Crippen molar-refractivity contribution >= 4 is 12.0 Å². The summed E-state index contributed by atoms with van der Waals surface area (Å²) >= 11 is 0. The Labute approximate surface area is 123 Å². The van der Waals surface area contributed by atoms with Gasteiger partial charge in [0.2, 0.25) is 0 Å². The van der Waals surface area contributed by atoms with E-state index in [9.17, 15) is 4.79 Å². The predicted molar refractivity (Wildman–Crippen MR) is 80.7 cm³/mol. The van der Waals surface area contributed by atoms with Crippen LogP contribution in [0, 0.1) is 25.2 Å². The van der Waals surface area contributed by atoms with Crippen LogP contribution in [0.5, 0.6) is 0 Å². The highest BCUT2D eigenvalue weighted by Gasteiger charge is 2.14. The van der Waals surface area contributed by atoms with Crippen LogP contribution >= 0.6 is 0 Å². The third-order valence-electron chi connectivity index (χ3n) is 3.23. The Bertz CT molecular complexity index is 736. The molecule has 1 aromatic carbocycles. The Morgan fingerprint density at radius 1 is 1.33 bits per heavy atom. The number of hydrogen-bond donors (Lipinski definition) is 1. The highest BCUT2D eigenvalue weighted by Crippen LogP contribution is 2.20. The molecule has 1 amide bonds. The Morgan fingerprint density at radius 3 is 2.57 bits per heavy atom. The Morgan fingerprint density at radius 2 is 2.00 bits per heavy atom. The van der Waals surface area contributed by atoms with Crippen LogP contribution in [0.4, 0.5) is 0 Å². The first kappa shape index (κ1) is 14.5. The number of nitrogens with one attached hydrogen (secondary N) is 1. The number of carbonyl (C=O) groups is 1. The summed E-state index contributed by atoms with van der Waals surface area (Å²) in [4.78, 5) is 11.6. The van der Waals surface area contributed by atoms with Gasteiger partial charge in [0.25, 0.3) is 5.91 Å². The van der Waals surface area contributed by atoms with Crippen molar-refractivity contribution in [2.75, 3.05) is 7.05 Å². The molecule has 0 unspecified atom stereocenters. The summed E-state index contributed by atoms with van der Waals surface area (Å²) in [6, 6.07) is 11.6. The van der Waals surface area contributed by atoms with E-state index in [1.807, 2.05) is 50.2 Å². The van der Waals surface area contributed by atoms with Crippen LogP contribution in [0.3, 0.4) is 0 Å². The quantitative estimate of drug-likeness (QED) is 0.691. The number of likely N-dealkylation sites (N-methyl/N-ethyl adjacent to an activating group) is 1. The zero-order valence-electron chi connectivity index (χ0n) is 12.2. The molecular formula is C16H16N4O. The molecule has 21 heavy (non-hydrogen) atoms. The van der Waals surface area contributed by atoms with E-state index < -0.39 is 5.91 Å². The molecule has 0 atom stereocenters. The van der Waals surface area contributed by atoms with Gasteiger partial charge >= 0.3 is 0 Å². The fourth-order valence-electron chi connectivity index (χ4n) is 2.11. The smallest absolute Gasteiger partial charge is 0.261 e. The van der Waals surface area contributed by atoms with E-state index in [1.165, 1.54) is 7.05 Å². The summed E-state index contributed by atoms with van der Waals surface area (Å²) in [6.07, 6.45) is 1.58. The lowest BCUT2D eigenvalue weighted by molar-refractivity contribution is -0.116. The molecule has 106 valence electrons. The van der Waals surface area contributed by atoms with Crippen molar-refractivity contribution in [3.8, 4) is 11.8 Å². The van der Waals surface area contributed by atoms with Gasteiger partial charge in [0.05, 0.1) is 11.4 Å². The van der Waals surface area contributed by atoms with Crippen molar-refractivity contribution in [1.82, 2.24) is 15.1 Å². The molecule has 2 rings (SSSR count). The molecule has 2 aromatic rings. The van der Waals surface area contributed by atoms with Gasteiger partial charge in [0, 0.05) is 18.3 Å². The van der Waals surface area contributed by atoms with E-state index in [0.29, 0.717) is 0 Å². The Kier molecular flexibility index (Phi) is 4.19. The molecule has 5 heteroatoms. The maximum Gasteiger partial charge on any atom is 0.261 e. The maximum atomic E-state index is 11.6. The molecule has 0 fully saturated rings. The Balaban J connectivity index is 2.53. The van der Waals surface area contributed by atoms with Gasteiger partial charge in [0.1, 0.15) is 11.6 Å². The lowest BCUT2D eigenvalue weighted by Crippen LogP contribution is -2.19. The van der Waals surface area contributed by atoms with Gasteiger partial charge in [-0.25, -0.2) is 4.68 Å². The molecule has 1 N–H and O–H groups in total. The second kappa shape index (κ2) is 6.06. The maximum absolute atomic E-state index is 11.6. The number of hydrogen-bond acceptors (Lipinski definition) is 3. The fourth-order valence-corrected chi connectivity index (χ4v) is 2.11. The molecule has 0 saturated heterocycles. The zero-order valence-corrected chi connectivity index (χ0v) is 12.2. The lowest BCUT2D eigenvalue weighted by atomic mass is 10.1. The summed E-state index contributed by atoms with van der Waals surface area (Å²) in [5.74, 6) is -0.399. The number of amides is 1. The summed E-state index contributed by atoms with van der Waals surface area (Å²) in [7, 11) is 1.50. The predicted octanol–water partition coefficient (Wildman–Crippen LogP) is 2.14. The van der Waals surface area contributed by atoms with Crippen LogP contribution < -0.4 is 5.32 Å². The average molecular weight is 280 g/mol. The van der Waals surface area contributed by atoms with E-state index in [0.717, 1.165) is 22.6 Å². The first-order chi connectivity index (χ1) is 10.1. The largest absolute Gasteiger partial charge is 0.354 e. The molecule has 1 aromatic heterocycles. The van der Waals surface area contributed by atoms with Crippen LogP contribution in [0.1, 0.15) is 17.0 Å². The highest BCUT2D eigenvalue weighted by molar-refractivity contribution is 6.01. The molecule has 1 heterocycles. The van der Waals surface area contributed by atoms with Crippen molar-refractivity contribution in [2.45, 2.75) is 13.8 Å². The highest BCUT2D eigenvalue weighted by atomic mass is 16.1. The molecule has 0 bridgehead atoms.